The van der Waals surface area contributed by atoms with Crippen molar-refractivity contribution in [1.29, 1.82) is 0 Å². The van der Waals surface area contributed by atoms with Crippen molar-refractivity contribution in [1.82, 2.24) is 10.3 Å². The third kappa shape index (κ3) is 3.66. The van der Waals surface area contributed by atoms with E-state index >= 15 is 0 Å². The lowest BCUT2D eigenvalue weighted by molar-refractivity contribution is 0.805. The van der Waals surface area contributed by atoms with E-state index in [2.05, 4.69) is 16.9 Å². The lowest BCUT2D eigenvalue weighted by Gasteiger charge is -2.11. The third-order valence-electron chi connectivity index (χ3n) is 1.81. The predicted molar refractivity (Wildman–Crippen MR) is 63.3 cm³/mol. The zero-order valence-corrected chi connectivity index (χ0v) is 9.05. The first-order valence-corrected chi connectivity index (χ1v) is 4.95. The quantitative estimate of drug-likeness (QED) is 0.603. The summed E-state index contributed by atoms with van der Waals surface area (Å²) < 4.78 is 0. The van der Waals surface area contributed by atoms with E-state index in [-0.39, 0.29) is 6.04 Å². The molecule has 0 radical (unpaired) electrons. The lowest BCUT2D eigenvalue weighted by atomic mass is 10.2. The van der Waals surface area contributed by atoms with Gasteiger partial charge >= 0.3 is 0 Å². The fourth-order valence-electron chi connectivity index (χ4n) is 1.03. The van der Waals surface area contributed by atoms with E-state index in [0.29, 0.717) is 6.42 Å². The molecule has 1 unspecified atom stereocenters. The molecule has 0 aliphatic heterocycles. The van der Waals surface area contributed by atoms with Gasteiger partial charge in [0.15, 0.2) is 0 Å². The van der Waals surface area contributed by atoms with Gasteiger partial charge in [0.05, 0.1) is 4.99 Å². The normalized spacial score (nSPS) is 11.8. The molecule has 2 nitrogen and oxygen atoms in total. The Hall–Kier alpha value is -1.22. The van der Waals surface area contributed by atoms with Crippen LogP contribution in [0.3, 0.4) is 0 Å². The zero-order chi connectivity index (χ0) is 10.4. The highest BCUT2D eigenvalue weighted by Crippen LogP contribution is 1.96. The first-order chi connectivity index (χ1) is 6.72. The van der Waals surface area contributed by atoms with E-state index in [0.717, 1.165) is 10.7 Å². The Morgan fingerprint density at radius 3 is 3.07 bits per heavy atom. The van der Waals surface area contributed by atoms with Crippen molar-refractivity contribution >= 4 is 17.2 Å². The van der Waals surface area contributed by atoms with E-state index in [9.17, 15) is 0 Å². The molecule has 1 atom stereocenters. The second-order valence-electron chi connectivity index (χ2n) is 3.09. The summed E-state index contributed by atoms with van der Waals surface area (Å²) in [7, 11) is 0. The van der Waals surface area contributed by atoms with E-state index in [1.165, 1.54) is 0 Å². The third-order valence-corrected chi connectivity index (χ3v) is 2.07. The summed E-state index contributed by atoms with van der Waals surface area (Å²) >= 11 is 5.18. The SMILES string of the molecule is C=CC(C)NC(=S)Cc1ccccn1. The molecule has 0 aliphatic rings. The molecule has 3 heteroatoms. The molecule has 1 aromatic rings. The van der Waals surface area contributed by atoms with E-state index in [1.807, 2.05) is 31.2 Å². The van der Waals surface area contributed by atoms with Gasteiger partial charge in [0.2, 0.25) is 0 Å². The van der Waals surface area contributed by atoms with Crippen molar-refractivity contribution in [3.63, 3.8) is 0 Å². The minimum Gasteiger partial charge on any atom is -0.373 e. The molecule has 1 heterocycles. The molecule has 0 spiro atoms. The number of aromatic nitrogens is 1. The molecule has 1 aromatic heterocycles. The Morgan fingerprint density at radius 2 is 2.50 bits per heavy atom. The zero-order valence-electron chi connectivity index (χ0n) is 8.23. The van der Waals surface area contributed by atoms with Crippen molar-refractivity contribution in [3.8, 4) is 0 Å². The molecule has 74 valence electrons. The highest BCUT2D eigenvalue weighted by Gasteiger charge is 2.01. The van der Waals surface area contributed by atoms with Crippen LogP contribution < -0.4 is 5.32 Å². The topological polar surface area (TPSA) is 24.9 Å². The van der Waals surface area contributed by atoms with Crippen LogP contribution in [-0.4, -0.2) is 16.0 Å². The van der Waals surface area contributed by atoms with Gasteiger partial charge < -0.3 is 5.32 Å². The van der Waals surface area contributed by atoms with Crippen LogP contribution in [0.4, 0.5) is 0 Å². The molecule has 0 amide bonds. The highest BCUT2D eigenvalue weighted by molar-refractivity contribution is 7.80. The number of hydrogen-bond acceptors (Lipinski definition) is 2. The maximum Gasteiger partial charge on any atom is 0.0818 e. The van der Waals surface area contributed by atoms with Crippen LogP contribution in [0.1, 0.15) is 12.6 Å². The minimum atomic E-state index is 0.214. The molecule has 1 rings (SSSR count). The Labute approximate surface area is 90.1 Å². The number of nitrogens with zero attached hydrogens (tertiary/aromatic N) is 1. The van der Waals surface area contributed by atoms with E-state index in [4.69, 9.17) is 12.2 Å². The second kappa shape index (κ2) is 5.50. The largest absolute Gasteiger partial charge is 0.373 e. The fourth-order valence-corrected chi connectivity index (χ4v) is 1.36. The van der Waals surface area contributed by atoms with Gasteiger partial charge in [0, 0.05) is 24.4 Å². The lowest BCUT2D eigenvalue weighted by Crippen LogP contribution is -2.30. The average Bonchev–Trinajstić information content (AvgIpc) is 2.19. The molecule has 0 aliphatic carbocycles. The maximum atomic E-state index is 5.18. The molecule has 0 aromatic carbocycles. The molecular formula is C11H14N2S. The summed E-state index contributed by atoms with van der Waals surface area (Å²) in [4.78, 5) is 5.00. The van der Waals surface area contributed by atoms with Gasteiger partial charge in [-0.3, -0.25) is 4.98 Å². The molecule has 0 bridgehead atoms. The summed E-state index contributed by atoms with van der Waals surface area (Å²) in [5.74, 6) is 0. The molecule has 0 saturated carbocycles. The Morgan fingerprint density at radius 1 is 1.71 bits per heavy atom. The summed E-state index contributed by atoms with van der Waals surface area (Å²) in [6.07, 6.45) is 4.29. The van der Waals surface area contributed by atoms with Gasteiger partial charge in [-0.05, 0) is 19.1 Å². The van der Waals surface area contributed by atoms with Gasteiger partial charge in [-0.15, -0.1) is 6.58 Å². The van der Waals surface area contributed by atoms with Crippen LogP contribution in [-0.2, 0) is 6.42 Å². The molecule has 0 fully saturated rings. The Balaban J connectivity index is 2.46. The Bertz CT molecular complexity index is 308. The molecular weight excluding hydrogens is 192 g/mol. The molecule has 1 N–H and O–H groups in total. The van der Waals surface area contributed by atoms with Crippen molar-refractivity contribution in [2.75, 3.05) is 0 Å². The fraction of sp³-hybridized carbons (Fsp3) is 0.273. The van der Waals surface area contributed by atoms with Crippen LogP contribution in [0.2, 0.25) is 0 Å². The number of pyridine rings is 1. The molecule has 0 saturated heterocycles. The van der Waals surface area contributed by atoms with Gasteiger partial charge in [-0.1, -0.05) is 24.4 Å². The highest BCUT2D eigenvalue weighted by atomic mass is 32.1. The number of nitrogens with one attached hydrogen (secondary N) is 1. The number of thiocarbonyl (C=S) groups is 1. The smallest absolute Gasteiger partial charge is 0.0818 e. The second-order valence-corrected chi connectivity index (χ2v) is 3.58. The van der Waals surface area contributed by atoms with Gasteiger partial charge in [0.25, 0.3) is 0 Å². The summed E-state index contributed by atoms with van der Waals surface area (Å²) in [6, 6.07) is 6.03. The monoisotopic (exact) mass is 206 g/mol. The van der Waals surface area contributed by atoms with Gasteiger partial charge in [0.1, 0.15) is 0 Å². The van der Waals surface area contributed by atoms with E-state index < -0.39 is 0 Å². The van der Waals surface area contributed by atoms with E-state index in [1.54, 1.807) is 6.20 Å². The van der Waals surface area contributed by atoms with Crippen LogP contribution in [0.5, 0.6) is 0 Å². The van der Waals surface area contributed by atoms with Crippen LogP contribution in [0, 0.1) is 0 Å². The van der Waals surface area contributed by atoms with Crippen molar-refractivity contribution < 1.29 is 0 Å². The minimum absolute atomic E-state index is 0.214. The van der Waals surface area contributed by atoms with Crippen LogP contribution >= 0.6 is 12.2 Å². The first-order valence-electron chi connectivity index (χ1n) is 4.54. The van der Waals surface area contributed by atoms with Gasteiger partial charge in [-0.25, -0.2) is 0 Å². The van der Waals surface area contributed by atoms with Crippen LogP contribution in [0.15, 0.2) is 37.1 Å². The summed E-state index contributed by atoms with van der Waals surface area (Å²) in [5, 5.41) is 3.15. The average molecular weight is 206 g/mol. The van der Waals surface area contributed by atoms with Crippen molar-refractivity contribution in [3.05, 3.63) is 42.7 Å². The van der Waals surface area contributed by atoms with Crippen LogP contribution in [0.25, 0.3) is 0 Å². The number of hydrogen-bond donors (Lipinski definition) is 1. The predicted octanol–water partition coefficient (Wildman–Crippen LogP) is 2.12. The van der Waals surface area contributed by atoms with Crippen molar-refractivity contribution in [2.24, 2.45) is 0 Å². The summed E-state index contributed by atoms with van der Waals surface area (Å²) in [6.45, 7) is 5.69. The standard InChI is InChI=1S/C11H14N2S/c1-3-9(2)13-11(14)8-10-6-4-5-7-12-10/h3-7,9H,1,8H2,2H3,(H,13,14). The Kier molecular flexibility index (Phi) is 4.26. The first kappa shape index (κ1) is 10.9. The number of rotatable bonds is 4. The van der Waals surface area contributed by atoms with Gasteiger partial charge in [-0.2, -0.15) is 0 Å². The maximum absolute atomic E-state index is 5.18. The molecule has 14 heavy (non-hydrogen) atoms. The van der Waals surface area contributed by atoms with Crippen molar-refractivity contribution in [2.45, 2.75) is 19.4 Å². The summed E-state index contributed by atoms with van der Waals surface area (Å²) in [5.41, 5.74) is 0.987.